The van der Waals surface area contributed by atoms with Gasteiger partial charge in [-0.3, -0.25) is 4.79 Å². The van der Waals surface area contributed by atoms with Crippen molar-refractivity contribution in [1.82, 2.24) is 14.3 Å². The van der Waals surface area contributed by atoms with Gasteiger partial charge in [0.2, 0.25) is 0 Å². The average molecular weight is 337 g/mol. The molecule has 0 radical (unpaired) electrons. The Morgan fingerprint density at radius 3 is 2.64 bits per heavy atom. The Balaban J connectivity index is 1.78. The molecule has 3 rings (SSSR count). The third-order valence-corrected chi connectivity index (χ3v) is 4.60. The molecule has 0 aliphatic heterocycles. The lowest BCUT2D eigenvalue weighted by atomic mass is 10.1. The summed E-state index contributed by atoms with van der Waals surface area (Å²) in [5.41, 5.74) is 2.51. The molecule has 5 heteroatoms. The van der Waals surface area contributed by atoms with Crippen LogP contribution in [0.5, 0.6) is 5.75 Å². The van der Waals surface area contributed by atoms with Crippen LogP contribution in [0.15, 0.2) is 48.7 Å². The molecule has 2 aromatic heterocycles. The number of pyridine rings is 1. The molecular formula is C20H23N3O2. The van der Waals surface area contributed by atoms with Crippen LogP contribution in [0.2, 0.25) is 0 Å². The van der Waals surface area contributed by atoms with Gasteiger partial charge in [0.15, 0.2) is 5.69 Å². The molecule has 1 atom stereocenters. The zero-order valence-electron chi connectivity index (χ0n) is 15.1. The van der Waals surface area contributed by atoms with Gasteiger partial charge in [0.05, 0.1) is 12.6 Å². The summed E-state index contributed by atoms with van der Waals surface area (Å²) in [5.74, 6) is 1.59. The van der Waals surface area contributed by atoms with Crippen molar-refractivity contribution in [2.24, 2.45) is 0 Å². The van der Waals surface area contributed by atoms with Gasteiger partial charge in [-0.1, -0.05) is 18.2 Å². The van der Waals surface area contributed by atoms with Gasteiger partial charge in [0.1, 0.15) is 11.6 Å². The van der Waals surface area contributed by atoms with Gasteiger partial charge in [0.25, 0.3) is 5.91 Å². The molecule has 5 nitrogen and oxygen atoms in total. The van der Waals surface area contributed by atoms with Gasteiger partial charge in [0, 0.05) is 19.3 Å². The van der Waals surface area contributed by atoms with E-state index in [2.05, 4.69) is 4.98 Å². The Morgan fingerprint density at radius 1 is 1.24 bits per heavy atom. The standard InChI is InChI=1S/C20H23N3O2/c1-14(13-16-8-10-17(25-4)11-9-16)22(3)20(24)19-18-7-5-6-12-23(18)15(2)21-19/h5-12,14H,13H2,1-4H3/t14-/m1/s1. The molecule has 0 bridgehead atoms. The Morgan fingerprint density at radius 2 is 1.96 bits per heavy atom. The molecular weight excluding hydrogens is 314 g/mol. The lowest BCUT2D eigenvalue weighted by Gasteiger charge is -2.24. The highest BCUT2D eigenvalue weighted by Gasteiger charge is 2.22. The van der Waals surface area contributed by atoms with Gasteiger partial charge in [-0.05, 0) is 50.1 Å². The summed E-state index contributed by atoms with van der Waals surface area (Å²) < 4.78 is 7.13. The fraction of sp³-hybridized carbons (Fsp3) is 0.300. The van der Waals surface area contributed by atoms with Gasteiger partial charge >= 0.3 is 0 Å². The summed E-state index contributed by atoms with van der Waals surface area (Å²) >= 11 is 0. The summed E-state index contributed by atoms with van der Waals surface area (Å²) in [6, 6.07) is 13.8. The number of aryl methyl sites for hydroxylation is 1. The van der Waals surface area contributed by atoms with E-state index in [9.17, 15) is 4.79 Å². The van der Waals surface area contributed by atoms with E-state index in [4.69, 9.17) is 4.74 Å². The largest absolute Gasteiger partial charge is 0.497 e. The molecule has 0 saturated carbocycles. The molecule has 1 amide bonds. The van der Waals surface area contributed by atoms with Crippen LogP contribution in [-0.4, -0.2) is 40.4 Å². The van der Waals surface area contributed by atoms with E-state index >= 15 is 0 Å². The van der Waals surface area contributed by atoms with E-state index in [1.807, 2.05) is 74.0 Å². The maximum Gasteiger partial charge on any atom is 0.274 e. The first-order valence-electron chi connectivity index (χ1n) is 8.35. The van der Waals surface area contributed by atoms with Crippen molar-refractivity contribution in [3.63, 3.8) is 0 Å². The molecule has 0 N–H and O–H groups in total. The number of likely N-dealkylation sites (N-methyl/N-ethyl adjacent to an activating group) is 1. The average Bonchev–Trinajstić information content (AvgIpc) is 2.98. The lowest BCUT2D eigenvalue weighted by Crippen LogP contribution is -2.36. The number of aromatic nitrogens is 2. The van der Waals surface area contributed by atoms with Crippen LogP contribution >= 0.6 is 0 Å². The molecule has 0 fully saturated rings. The highest BCUT2D eigenvalue weighted by atomic mass is 16.5. The summed E-state index contributed by atoms with van der Waals surface area (Å²) in [5, 5.41) is 0. The number of amides is 1. The Bertz CT molecular complexity index is 884. The number of rotatable bonds is 5. The summed E-state index contributed by atoms with van der Waals surface area (Å²) in [7, 11) is 3.49. The maximum atomic E-state index is 12.9. The van der Waals surface area contributed by atoms with Crippen molar-refractivity contribution in [3.8, 4) is 5.75 Å². The van der Waals surface area contributed by atoms with Crippen molar-refractivity contribution in [2.45, 2.75) is 26.3 Å². The van der Waals surface area contributed by atoms with Crippen molar-refractivity contribution in [2.75, 3.05) is 14.2 Å². The Kier molecular flexibility index (Phi) is 4.74. The number of imidazole rings is 1. The first-order chi connectivity index (χ1) is 12.0. The van der Waals surface area contributed by atoms with Crippen molar-refractivity contribution >= 4 is 11.4 Å². The smallest absolute Gasteiger partial charge is 0.274 e. The Labute approximate surface area is 147 Å². The second-order valence-electron chi connectivity index (χ2n) is 6.28. The minimum Gasteiger partial charge on any atom is -0.497 e. The zero-order valence-corrected chi connectivity index (χ0v) is 15.1. The number of methoxy groups -OCH3 is 1. The normalized spacial score (nSPS) is 12.2. The minimum absolute atomic E-state index is 0.0571. The van der Waals surface area contributed by atoms with Gasteiger partial charge < -0.3 is 14.0 Å². The number of carbonyl (C=O) groups excluding carboxylic acids is 1. The highest BCUT2D eigenvalue weighted by molar-refractivity contribution is 5.99. The molecule has 130 valence electrons. The van der Waals surface area contributed by atoms with Gasteiger partial charge in [-0.15, -0.1) is 0 Å². The molecule has 25 heavy (non-hydrogen) atoms. The van der Waals surface area contributed by atoms with Crippen molar-refractivity contribution in [1.29, 1.82) is 0 Å². The van der Waals surface area contributed by atoms with Crippen LogP contribution in [0.3, 0.4) is 0 Å². The van der Waals surface area contributed by atoms with Crippen LogP contribution in [0.1, 0.15) is 28.8 Å². The second kappa shape index (κ2) is 6.97. The van der Waals surface area contributed by atoms with E-state index in [0.29, 0.717) is 5.69 Å². The van der Waals surface area contributed by atoms with E-state index in [1.54, 1.807) is 12.0 Å². The zero-order chi connectivity index (χ0) is 18.0. The fourth-order valence-electron chi connectivity index (χ4n) is 2.96. The molecule has 0 saturated heterocycles. The highest BCUT2D eigenvalue weighted by Crippen LogP contribution is 2.18. The monoisotopic (exact) mass is 337 g/mol. The molecule has 0 unspecified atom stereocenters. The number of ether oxygens (including phenoxy) is 1. The molecule has 1 aromatic carbocycles. The quantitative estimate of drug-likeness (QED) is 0.717. The van der Waals surface area contributed by atoms with E-state index in [-0.39, 0.29) is 11.9 Å². The Hall–Kier alpha value is -2.82. The number of hydrogen-bond acceptors (Lipinski definition) is 3. The number of carbonyl (C=O) groups is 1. The third-order valence-electron chi connectivity index (χ3n) is 4.60. The first-order valence-corrected chi connectivity index (χ1v) is 8.35. The molecule has 3 aromatic rings. The maximum absolute atomic E-state index is 12.9. The number of hydrogen-bond donors (Lipinski definition) is 0. The van der Waals surface area contributed by atoms with Crippen LogP contribution < -0.4 is 4.74 Å². The molecule has 0 spiro atoms. The van der Waals surface area contributed by atoms with Crippen LogP contribution in [-0.2, 0) is 6.42 Å². The number of benzene rings is 1. The summed E-state index contributed by atoms with van der Waals surface area (Å²) in [6.07, 6.45) is 2.70. The van der Waals surface area contributed by atoms with Crippen LogP contribution in [0.4, 0.5) is 0 Å². The first kappa shape index (κ1) is 17.0. The van der Waals surface area contributed by atoms with E-state index in [0.717, 1.165) is 23.5 Å². The van der Waals surface area contributed by atoms with Crippen molar-refractivity contribution < 1.29 is 9.53 Å². The predicted molar refractivity (Wildman–Crippen MR) is 98.2 cm³/mol. The number of nitrogens with zero attached hydrogens (tertiary/aromatic N) is 3. The molecule has 0 aliphatic rings. The van der Waals surface area contributed by atoms with E-state index < -0.39 is 0 Å². The van der Waals surface area contributed by atoms with Crippen LogP contribution in [0.25, 0.3) is 5.52 Å². The number of fused-ring (bicyclic) bond motifs is 1. The predicted octanol–water partition coefficient (Wildman–Crippen LogP) is 3.35. The SMILES string of the molecule is COc1ccc(C[C@@H](C)N(C)C(=O)c2nc(C)n3ccccc23)cc1. The fourth-order valence-corrected chi connectivity index (χ4v) is 2.96. The minimum atomic E-state index is -0.0576. The lowest BCUT2D eigenvalue weighted by molar-refractivity contribution is 0.0740. The summed E-state index contributed by atoms with van der Waals surface area (Å²) in [6.45, 7) is 3.96. The third kappa shape index (κ3) is 3.36. The van der Waals surface area contributed by atoms with E-state index in [1.165, 1.54) is 5.56 Å². The van der Waals surface area contributed by atoms with Crippen molar-refractivity contribution in [3.05, 3.63) is 65.7 Å². The summed E-state index contributed by atoms with van der Waals surface area (Å²) in [4.78, 5) is 19.2. The van der Waals surface area contributed by atoms with Crippen LogP contribution in [0, 0.1) is 6.92 Å². The van der Waals surface area contributed by atoms with Gasteiger partial charge in [-0.25, -0.2) is 4.98 Å². The van der Waals surface area contributed by atoms with Gasteiger partial charge in [-0.2, -0.15) is 0 Å². The molecule has 0 aliphatic carbocycles. The topological polar surface area (TPSA) is 46.8 Å². The second-order valence-corrected chi connectivity index (χ2v) is 6.28. The molecule has 2 heterocycles.